The summed E-state index contributed by atoms with van der Waals surface area (Å²) in [7, 11) is 5.63. The Morgan fingerprint density at radius 1 is 1.05 bits per heavy atom. The predicted octanol–water partition coefficient (Wildman–Crippen LogP) is 2.19. The van der Waals surface area contributed by atoms with Crippen LogP contribution in [0.15, 0.2) is 12.1 Å². The average molecular weight is 292 g/mol. The second kappa shape index (κ2) is 7.66. The van der Waals surface area contributed by atoms with Gasteiger partial charge in [0.2, 0.25) is 0 Å². The minimum absolute atomic E-state index is 0.868. The van der Waals surface area contributed by atoms with Crippen molar-refractivity contribution in [3.8, 4) is 11.5 Å². The van der Waals surface area contributed by atoms with Crippen molar-refractivity contribution in [1.29, 1.82) is 0 Å². The first-order chi connectivity index (χ1) is 10.1. The van der Waals surface area contributed by atoms with E-state index in [2.05, 4.69) is 29.8 Å². The molecule has 0 N–H and O–H groups in total. The molecule has 0 spiro atoms. The zero-order valence-corrected chi connectivity index (χ0v) is 13.8. The van der Waals surface area contributed by atoms with Crippen LogP contribution in [0.4, 0.5) is 0 Å². The Kier molecular flexibility index (Phi) is 5.88. The Bertz CT molecular complexity index is 454. The number of methoxy groups -OCH3 is 2. The van der Waals surface area contributed by atoms with Gasteiger partial charge < -0.3 is 19.3 Å². The van der Waals surface area contributed by atoms with Crippen LogP contribution in [-0.4, -0.2) is 63.8 Å². The molecule has 1 saturated heterocycles. The minimum Gasteiger partial charge on any atom is -0.497 e. The monoisotopic (exact) mass is 292 g/mol. The van der Waals surface area contributed by atoms with E-state index in [1.165, 1.54) is 50.3 Å². The Hall–Kier alpha value is -1.26. The number of piperazine rings is 1. The van der Waals surface area contributed by atoms with E-state index in [0.29, 0.717) is 0 Å². The summed E-state index contributed by atoms with van der Waals surface area (Å²) in [5.74, 6) is 1.82. The lowest BCUT2D eigenvalue weighted by Crippen LogP contribution is -2.44. The topological polar surface area (TPSA) is 24.9 Å². The highest BCUT2D eigenvalue weighted by molar-refractivity contribution is 5.46. The summed E-state index contributed by atoms with van der Waals surface area (Å²) < 4.78 is 10.8. The lowest BCUT2D eigenvalue weighted by Gasteiger charge is -2.32. The zero-order valence-electron chi connectivity index (χ0n) is 13.8. The van der Waals surface area contributed by atoms with E-state index in [4.69, 9.17) is 9.47 Å². The lowest BCUT2D eigenvalue weighted by atomic mass is 10.0. The first kappa shape index (κ1) is 16.1. The van der Waals surface area contributed by atoms with Gasteiger partial charge in [0.05, 0.1) is 14.2 Å². The molecule has 4 nitrogen and oxygen atoms in total. The fraction of sp³-hybridized carbons (Fsp3) is 0.647. The molecule has 1 aliphatic rings. The smallest absolute Gasteiger partial charge is 0.126 e. The molecule has 4 heteroatoms. The van der Waals surface area contributed by atoms with Gasteiger partial charge >= 0.3 is 0 Å². The molecule has 0 amide bonds. The fourth-order valence-electron chi connectivity index (χ4n) is 2.92. The van der Waals surface area contributed by atoms with Gasteiger partial charge in [0.1, 0.15) is 11.5 Å². The highest BCUT2D eigenvalue weighted by Crippen LogP contribution is 2.29. The third-order valence-corrected chi connectivity index (χ3v) is 4.36. The Morgan fingerprint density at radius 2 is 1.76 bits per heavy atom. The summed E-state index contributed by atoms with van der Waals surface area (Å²) in [6.07, 6.45) is 2.23. The predicted molar refractivity (Wildman–Crippen MR) is 86.5 cm³/mol. The number of aryl methyl sites for hydroxylation is 1. The Morgan fingerprint density at radius 3 is 2.38 bits per heavy atom. The second-order valence-corrected chi connectivity index (χ2v) is 5.87. The SMILES string of the molecule is COc1cc(C)c(CCCN2CCN(C)CC2)c(OC)c1. The van der Waals surface area contributed by atoms with Crippen LogP contribution in [0.5, 0.6) is 11.5 Å². The number of likely N-dealkylation sites (N-methyl/N-ethyl adjacent to an activating group) is 1. The van der Waals surface area contributed by atoms with E-state index in [0.717, 1.165) is 17.9 Å². The summed E-state index contributed by atoms with van der Waals surface area (Å²) >= 11 is 0. The third kappa shape index (κ3) is 4.35. The van der Waals surface area contributed by atoms with Crippen molar-refractivity contribution in [2.24, 2.45) is 0 Å². The van der Waals surface area contributed by atoms with Crippen molar-refractivity contribution in [1.82, 2.24) is 9.80 Å². The highest BCUT2D eigenvalue weighted by Gasteiger charge is 2.14. The molecule has 118 valence electrons. The molecule has 1 aliphatic heterocycles. The first-order valence-corrected chi connectivity index (χ1v) is 7.76. The van der Waals surface area contributed by atoms with Gasteiger partial charge in [-0.3, -0.25) is 0 Å². The third-order valence-electron chi connectivity index (χ3n) is 4.36. The highest BCUT2D eigenvalue weighted by atomic mass is 16.5. The molecule has 21 heavy (non-hydrogen) atoms. The second-order valence-electron chi connectivity index (χ2n) is 5.87. The fourth-order valence-corrected chi connectivity index (χ4v) is 2.92. The van der Waals surface area contributed by atoms with Gasteiger partial charge in [-0.05, 0) is 50.6 Å². The maximum absolute atomic E-state index is 5.52. The molecule has 0 radical (unpaired) electrons. The molecule has 1 aromatic rings. The normalized spacial score (nSPS) is 17.0. The van der Waals surface area contributed by atoms with Crippen LogP contribution in [0.3, 0.4) is 0 Å². The summed E-state index contributed by atoms with van der Waals surface area (Å²) in [4.78, 5) is 4.96. The van der Waals surface area contributed by atoms with Crippen LogP contribution in [-0.2, 0) is 6.42 Å². The molecule has 1 fully saturated rings. The summed E-state index contributed by atoms with van der Waals surface area (Å²) in [6.45, 7) is 8.05. The van der Waals surface area contributed by atoms with Gasteiger partial charge in [-0.25, -0.2) is 0 Å². The number of ether oxygens (including phenoxy) is 2. The zero-order chi connectivity index (χ0) is 15.2. The quantitative estimate of drug-likeness (QED) is 0.802. The standard InChI is InChI=1S/C17H28N2O2/c1-14-12-15(20-3)13-17(21-4)16(14)6-5-7-19-10-8-18(2)9-11-19/h12-13H,5-11H2,1-4H3. The number of benzene rings is 1. The van der Waals surface area contributed by atoms with Crippen LogP contribution in [0.25, 0.3) is 0 Å². The molecule has 0 aliphatic carbocycles. The largest absolute Gasteiger partial charge is 0.497 e. The van der Waals surface area contributed by atoms with Crippen LogP contribution in [0.1, 0.15) is 17.5 Å². The molecular formula is C17H28N2O2. The van der Waals surface area contributed by atoms with E-state index in [-0.39, 0.29) is 0 Å². The van der Waals surface area contributed by atoms with Crippen molar-refractivity contribution in [3.63, 3.8) is 0 Å². The number of rotatable bonds is 6. The number of nitrogens with zero attached hydrogens (tertiary/aromatic N) is 2. The van der Waals surface area contributed by atoms with Gasteiger partial charge in [0, 0.05) is 32.2 Å². The van der Waals surface area contributed by atoms with Gasteiger partial charge in [-0.2, -0.15) is 0 Å². The van der Waals surface area contributed by atoms with Crippen molar-refractivity contribution in [3.05, 3.63) is 23.3 Å². The average Bonchev–Trinajstić information content (AvgIpc) is 2.50. The Balaban J connectivity index is 1.90. The maximum Gasteiger partial charge on any atom is 0.126 e. The lowest BCUT2D eigenvalue weighted by molar-refractivity contribution is 0.153. The van der Waals surface area contributed by atoms with Crippen LogP contribution >= 0.6 is 0 Å². The molecule has 0 atom stereocenters. The summed E-state index contributed by atoms with van der Waals surface area (Å²) in [6, 6.07) is 4.08. The molecule has 1 heterocycles. The molecule has 0 saturated carbocycles. The first-order valence-electron chi connectivity index (χ1n) is 7.76. The molecule has 2 rings (SSSR count). The van der Waals surface area contributed by atoms with Gasteiger partial charge in [-0.15, -0.1) is 0 Å². The van der Waals surface area contributed by atoms with Crippen LogP contribution in [0, 0.1) is 6.92 Å². The summed E-state index contributed by atoms with van der Waals surface area (Å²) in [5, 5.41) is 0. The molecule has 0 bridgehead atoms. The van der Waals surface area contributed by atoms with E-state index in [9.17, 15) is 0 Å². The number of hydrogen-bond acceptors (Lipinski definition) is 4. The number of hydrogen-bond donors (Lipinski definition) is 0. The molecular weight excluding hydrogens is 264 g/mol. The van der Waals surface area contributed by atoms with E-state index in [1.807, 2.05) is 6.07 Å². The van der Waals surface area contributed by atoms with E-state index in [1.54, 1.807) is 14.2 Å². The summed E-state index contributed by atoms with van der Waals surface area (Å²) in [5.41, 5.74) is 2.57. The minimum atomic E-state index is 0.868. The maximum atomic E-state index is 5.52. The van der Waals surface area contributed by atoms with Crippen LogP contribution < -0.4 is 9.47 Å². The molecule has 0 unspecified atom stereocenters. The van der Waals surface area contributed by atoms with Crippen molar-refractivity contribution in [2.45, 2.75) is 19.8 Å². The van der Waals surface area contributed by atoms with E-state index < -0.39 is 0 Å². The van der Waals surface area contributed by atoms with Crippen molar-refractivity contribution < 1.29 is 9.47 Å². The molecule has 0 aromatic heterocycles. The van der Waals surface area contributed by atoms with E-state index >= 15 is 0 Å². The van der Waals surface area contributed by atoms with Gasteiger partial charge in [0.25, 0.3) is 0 Å². The van der Waals surface area contributed by atoms with Gasteiger partial charge in [0.15, 0.2) is 0 Å². The van der Waals surface area contributed by atoms with Crippen LogP contribution in [0.2, 0.25) is 0 Å². The van der Waals surface area contributed by atoms with Gasteiger partial charge in [-0.1, -0.05) is 0 Å². The Labute approximate surface area is 128 Å². The van der Waals surface area contributed by atoms with Crippen molar-refractivity contribution >= 4 is 0 Å². The van der Waals surface area contributed by atoms with Crippen molar-refractivity contribution in [2.75, 3.05) is 54.0 Å². The molecule has 1 aromatic carbocycles.